The molecule has 0 spiro atoms. The maximum Gasteiger partial charge on any atom is 0.340 e. The highest BCUT2D eigenvalue weighted by Crippen LogP contribution is 2.37. The van der Waals surface area contributed by atoms with Gasteiger partial charge in [-0.25, -0.2) is 4.79 Å². The first kappa shape index (κ1) is 20.2. The van der Waals surface area contributed by atoms with E-state index >= 15 is 0 Å². The van der Waals surface area contributed by atoms with Crippen LogP contribution in [0.15, 0.2) is 18.2 Å². The van der Waals surface area contributed by atoms with Crippen LogP contribution in [0.5, 0.6) is 5.75 Å². The molecule has 0 aliphatic heterocycles. The van der Waals surface area contributed by atoms with Crippen molar-refractivity contribution in [3.8, 4) is 5.75 Å². The Hall–Kier alpha value is -2.50. The molecule has 6 nitrogen and oxygen atoms in total. The summed E-state index contributed by atoms with van der Waals surface area (Å²) in [7, 11) is 3.39. The molecule has 0 radical (unpaired) electrons. The second kappa shape index (κ2) is 8.67. The normalized spacial score (nSPS) is 14.9. The number of nitrogens with zero attached hydrogens (tertiary/aromatic N) is 2. The Morgan fingerprint density at radius 3 is 2.54 bits per heavy atom. The minimum absolute atomic E-state index is 0.0322. The number of hydrogen-bond donors (Lipinski definition) is 0. The van der Waals surface area contributed by atoms with Gasteiger partial charge in [-0.3, -0.25) is 4.79 Å². The van der Waals surface area contributed by atoms with Gasteiger partial charge in [0.15, 0.2) is 6.61 Å². The van der Waals surface area contributed by atoms with Gasteiger partial charge in [0, 0.05) is 36.7 Å². The Labute approximate surface area is 166 Å². The zero-order chi connectivity index (χ0) is 20.3. The number of esters is 1. The van der Waals surface area contributed by atoms with Crippen molar-refractivity contribution in [2.24, 2.45) is 0 Å². The summed E-state index contributed by atoms with van der Waals surface area (Å²) in [5, 5.41) is 0.830. The van der Waals surface area contributed by atoms with E-state index in [1.807, 2.05) is 32.0 Å². The number of hydrogen-bond acceptors (Lipinski definition) is 4. The molecule has 0 unspecified atom stereocenters. The van der Waals surface area contributed by atoms with Crippen molar-refractivity contribution in [2.75, 3.05) is 27.3 Å². The van der Waals surface area contributed by atoms with Gasteiger partial charge in [-0.15, -0.1) is 0 Å². The van der Waals surface area contributed by atoms with Gasteiger partial charge in [-0.05, 0) is 44.9 Å². The number of fused-ring (bicyclic) bond motifs is 1. The number of carbonyl (C=O) groups is 2. The van der Waals surface area contributed by atoms with E-state index in [2.05, 4.69) is 4.57 Å². The van der Waals surface area contributed by atoms with Gasteiger partial charge in [0.1, 0.15) is 5.75 Å². The van der Waals surface area contributed by atoms with Crippen LogP contribution < -0.4 is 4.74 Å². The number of amides is 1. The molecule has 6 heteroatoms. The number of likely N-dealkylation sites (N-methyl/N-ethyl adjacent to an activating group) is 1. The predicted molar refractivity (Wildman–Crippen MR) is 109 cm³/mol. The lowest BCUT2D eigenvalue weighted by atomic mass is 9.95. The molecule has 0 N–H and O–H groups in total. The monoisotopic (exact) mass is 386 g/mol. The number of rotatable bonds is 6. The van der Waals surface area contributed by atoms with Crippen molar-refractivity contribution in [2.45, 2.75) is 52.0 Å². The second-order valence-electron chi connectivity index (χ2n) is 7.60. The summed E-state index contributed by atoms with van der Waals surface area (Å²) in [5.74, 6) is 0.164. The van der Waals surface area contributed by atoms with Crippen molar-refractivity contribution < 1.29 is 19.1 Å². The van der Waals surface area contributed by atoms with Crippen LogP contribution in [0.1, 0.15) is 61.1 Å². The van der Waals surface area contributed by atoms with Gasteiger partial charge in [-0.2, -0.15) is 0 Å². The summed E-state index contributed by atoms with van der Waals surface area (Å²) < 4.78 is 13.3. The Kier molecular flexibility index (Phi) is 6.27. The first-order valence-corrected chi connectivity index (χ1v) is 10.1. The summed E-state index contributed by atoms with van der Waals surface area (Å²) in [5.41, 5.74) is 2.58. The SMILES string of the molecule is CCOC(=O)c1c(C)n(C2CCCCC2)c2ccc(OCC(=O)N(C)C)cc12. The molecule has 0 bridgehead atoms. The molecule has 0 atom stereocenters. The summed E-state index contributed by atoms with van der Waals surface area (Å²) in [6, 6.07) is 6.13. The summed E-state index contributed by atoms with van der Waals surface area (Å²) in [6.07, 6.45) is 5.96. The maximum atomic E-state index is 12.7. The number of ether oxygens (including phenoxy) is 2. The molecular formula is C22H30N2O4. The van der Waals surface area contributed by atoms with Crippen LogP contribution in [0.25, 0.3) is 10.9 Å². The number of carbonyl (C=O) groups excluding carboxylic acids is 2. The van der Waals surface area contributed by atoms with Crippen LogP contribution in [-0.2, 0) is 9.53 Å². The maximum absolute atomic E-state index is 12.7. The summed E-state index contributed by atoms with van der Waals surface area (Å²) in [4.78, 5) is 26.0. The van der Waals surface area contributed by atoms with E-state index in [0.29, 0.717) is 24.0 Å². The lowest BCUT2D eigenvalue weighted by Crippen LogP contribution is -2.27. The molecule has 28 heavy (non-hydrogen) atoms. The molecule has 3 rings (SSSR count). The highest BCUT2D eigenvalue weighted by molar-refractivity contribution is 6.06. The third-order valence-corrected chi connectivity index (χ3v) is 5.50. The molecule has 1 aromatic carbocycles. The molecule has 1 aliphatic rings. The van der Waals surface area contributed by atoms with Gasteiger partial charge in [0.2, 0.25) is 0 Å². The van der Waals surface area contributed by atoms with Crippen molar-refractivity contribution in [3.63, 3.8) is 0 Å². The van der Waals surface area contributed by atoms with Crippen LogP contribution >= 0.6 is 0 Å². The van der Waals surface area contributed by atoms with Crippen molar-refractivity contribution in [1.82, 2.24) is 9.47 Å². The lowest BCUT2D eigenvalue weighted by Gasteiger charge is -2.26. The summed E-state index contributed by atoms with van der Waals surface area (Å²) in [6.45, 7) is 4.11. The van der Waals surface area contributed by atoms with E-state index in [1.165, 1.54) is 24.2 Å². The minimum atomic E-state index is -0.305. The molecule has 2 aromatic rings. The lowest BCUT2D eigenvalue weighted by molar-refractivity contribution is -0.130. The van der Waals surface area contributed by atoms with E-state index in [-0.39, 0.29) is 18.5 Å². The van der Waals surface area contributed by atoms with E-state index < -0.39 is 0 Å². The standard InChI is InChI=1S/C22H30N2O4/c1-5-27-22(26)21-15(2)24(16-9-7-6-8-10-16)19-12-11-17(13-18(19)21)28-14-20(25)23(3)4/h11-13,16H,5-10,14H2,1-4H3. The molecule has 152 valence electrons. The van der Waals surface area contributed by atoms with Crippen molar-refractivity contribution in [1.29, 1.82) is 0 Å². The molecular weight excluding hydrogens is 356 g/mol. The number of benzene rings is 1. The van der Waals surface area contributed by atoms with E-state index in [4.69, 9.17) is 9.47 Å². The first-order chi connectivity index (χ1) is 13.4. The third kappa shape index (κ3) is 4.01. The highest BCUT2D eigenvalue weighted by atomic mass is 16.5. The largest absolute Gasteiger partial charge is 0.484 e. The Bertz CT molecular complexity index is 863. The van der Waals surface area contributed by atoms with Gasteiger partial charge in [0.25, 0.3) is 5.91 Å². The second-order valence-corrected chi connectivity index (χ2v) is 7.60. The van der Waals surface area contributed by atoms with E-state index in [9.17, 15) is 9.59 Å². The fourth-order valence-electron chi connectivity index (χ4n) is 4.06. The quantitative estimate of drug-likeness (QED) is 0.702. The molecule has 1 heterocycles. The smallest absolute Gasteiger partial charge is 0.340 e. The van der Waals surface area contributed by atoms with Crippen LogP contribution in [0, 0.1) is 6.92 Å². The first-order valence-electron chi connectivity index (χ1n) is 10.1. The Morgan fingerprint density at radius 1 is 1.18 bits per heavy atom. The van der Waals surface area contributed by atoms with Crippen LogP contribution in [0.4, 0.5) is 0 Å². The molecule has 1 saturated carbocycles. The Morgan fingerprint density at radius 2 is 1.89 bits per heavy atom. The van der Waals surface area contributed by atoms with Crippen LogP contribution in [0.3, 0.4) is 0 Å². The zero-order valence-electron chi connectivity index (χ0n) is 17.3. The van der Waals surface area contributed by atoms with Gasteiger partial charge >= 0.3 is 5.97 Å². The van der Waals surface area contributed by atoms with Crippen molar-refractivity contribution >= 4 is 22.8 Å². The average molecular weight is 386 g/mol. The minimum Gasteiger partial charge on any atom is -0.484 e. The Balaban J connectivity index is 2.03. The highest BCUT2D eigenvalue weighted by Gasteiger charge is 2.26. The van der Waals surface area contributed by atoms with Gasteiger partial charge in [-0.1, -0.05) is 19.3 Å². The number of aromatic nitrogens is 1. The average Bonchev–Trinajstić information content (AvgIpc) is 2.97. The zero-order valence-corrected chi connectivity index (χ0v) is 17.3. The molecule has 1 amide bonds. The van der Waals surface area contributed by atoms with Gasteiger partial charge < -0.3 is 18.9 Å². The molecule has 1 aliphatic carbocycles. The van der Waals surface area contributed by atoms with Crippen LogP contribution in [-0.4, -0.2) is 48.7 Å². The van der Waals surface area contributed by atoms with E-state index in [0.717, 1.165) is 29.4 Å². The fourth-order valence-corrected chi connectivity index (χ4v) is 4.06. The van der Waals surface area contributed by atoms with E-state index in [1.54, 1.807) is 14.1 Å². The third-order valence-electron chi connectivity index (χ3n) is 5.50. The van der Waals surface area contributed by atoms with Crippen LogP contribution in [0.2, 0.25) is 0 Å². The molecule has 0 saturated heterocycles. The topological polar surface area (TPSA) is 60.8 Å². The molecule has 1 aromatic heterocycles. The molecule has 1 fully saturated rings. The van der Waals surface area contributed by atoms with Crippen molar-refractivity contribution in [3.05, 3.63) is 29.5 Å². The predicted octanol–water partition coefficient (Wildman–Crippen LogP) is 4.10. The summed E-state index contributed by atoms with van der Waals surface area (Å²) >= 11 is 0. The fraction of sp³-hybridized carbons (Fsp3) is 0.545. The van der Waals surface area contributed by atoms with Gasteiger partial charge in [0.05, 0.1) is 12.2 Å².